The predicted molar refractivity (Wildman–Crippen MR) is 73.2 cm³/mol. The number of carbonyl (C=O) groups is 1. The molecule has 0 spiro atoms. The van der Waals surface area contributed by atoms with Gasteiger partial charge in [0, 0.05) is 31.6 Å². The number of piperidine rings is 1. The van der Waals surface area contributed by atoms with Crippen LogP contribution in [0.3, 0.4) is 0 Å². The molecule has 1 saturated heterocycles. The van der Waals surface area contributed by atoms with Gasteiger partial charge < -0.3 is 16.0 Å². The number of hydrogen-bond acceptors (Lipinski definition) is 3. The minimum Gasteiger partial charge on any atom is -0.353 e. The number of nitrogens with zero attached hydrogens (tertiary/aromatic N) is 1. The van der Waals surface area contributed by atoms with Gasteiger partial charge in [0.2, 0.25) is 5.91 Å². The minimum absolute atomic E-state index is 0.215. The maximum Gasteiger partial charge on any atom is 0.220 e. The van der Waals surface area contributed by atoms with Crippen LogP contribution < -0.4 is 11.1 Å². The Morgan fingerprint density at radius 1 is 1.28 bits per heavy atom. The first-order valence-corrected chi connectivity index (χ1v) is 7.46. The van der Waals surface area contributed by atoms with E-state index < -0.39 is 0 Å². The highest BCUT2D eigenvalue weighted by molar-refractivity contribution is 5.76. The number of nitrogens with one attached hydrogen (secondary N) is 1. The van der Waals surface area contributed by atoms with E-state index in [0.29, 0.717) is 18.4 Å². The van der Waals surface area contributed by atoms with E-state index in [9.17, 15) is 4.79 Å². The highest BCUT2D eigenvalue weighted by Crippen LogP contribution is 2.26. The molecule has 0 aromatic rings. The quantitative estimate of drug-likeness (QED) is 0.789. The Morgan fingerprint density at radius 2 is 2.00 bits per heavy atom. The number of nitrogens with two attached hydrogens (primary N) is 1. The van der Waals surface area contributed by atoms with Gasteiger partial charge in [0.25, 0.3) is 0 Å². The summed E-state index contributed by atoms with van der Waals surface area (Å²) in [4.78, 5) is 14.4. The number of hydrogen-bond donors (Lipinski definition) is 2. The van der Waals surface area contributed by atoms with Crippen molar-refractivity contribution in [2.45, 2.75) is 57.5 Å². The number of likely N-dealkylation sites (tertiary alicyclic amines) is 1. The van der Waals surface area contributed by atoms with Gasteiger partial charge in [-0.25, -0.2) is 0 Å². The lowest BCUT2D eigenvalue weighted by Crippen LogP contribution is -2.45. The lowest BCUT2D eigenvalue weighted by molar-refractivity contribution is -0.123. The van der Waals surface area contributed by atoms with Crippen LogP contribution in [0.1, 0.15) is 45.4 Å². The molecule has 0 aromatic heterocycles. The van der Waals surface area contributed by atoms with Crippen molar-refractivity contribution in [3.05, 3.63) is 0 Å². The second kappa shape index (κ2) is 6.53. The second-order valence-corrected chi connectivity index (χ2v) is 5.84. The molecule has 3 N–H and O–H groups in total. The van der Waals surface area contributed by atoms with Gasteiger partial charge in [0.15, 0.2) is 0 Å². The van der Waals surface area contributed by atoms with Crippen LogP contribution in [0.25, 0.3) is 0 Å². The summed E-state index contributed by atoms with van der Waals surface area (Å²) in [5, 5.41) is 3.19. The smallest absolute Gasteiger partial charge is 0.220 e. The average Bonchev–Trinajstić information content (AvgIpc) is 2.76. The van der Waals surface area contributed by atoms with Crippen LogP contribution in [0, 0.1) is 5.92 Å². The highest BCUT2D eigenvalue weighted by Gasteiger charge is 2.27. The van der Waals surface area contributed by atoms with E-state index in [4.69, 9.17) is 5.73 Å². The van der Waals surface area contributed by atoms with Gasteiger partial charge in [0.05, 0.1) is 0 Å². The van der Waals surface area contributed by atoms with E-state index in [1.807, 2.05) is 0 Å². The highest BCUT2D eigenvalue weighted by atomic mass is 16.1. The summed E-state index contributed by atoms with van der Waals surface area (Å²) in [6.07, 6.45) is 6.23. The topological polar surface area (TPSA) is 58.4 Å². The molecular formula is C14H27N3O. The van der Waals surface area contributed by atoms with E-state index in [2.05, 4.69) is 17.1 Å². The standard InChI is InChI=1S/C14H27N3O/c1-2-17-8-6-12(7-9-17)16-14(18)10-11-4-3-5-13(11)15/h11-13H,2-10,15H2,1H3,(H,16,18)/t11-,13+/m0/s1. The zero-order chi connectivity index (χ0) is 13.0. The summed E-state index contributed by atoms with van der Waals surface area (Å²) in [7, 11) is 0. The van der Waals surface area contributed by atoms with Crippen LogP contribution in [0.5, 0.6) is 0 Å². The Hall–Kier alpha value is -0.610. The van der Waals surface area contributed by atoms with Crippen LogP contribution in [0.2, 0.25) is 0 Å². The summed E-state index contributed by atoms with van der Waals surface area (Å²) in [6, 6.07) is 0.635. The summed E-state index contributed by atoms with van der Waals surface area (Å²) >= 11 is 0. The third-order valence-corrected chi connectivity index (χ3v) is 4.57. The molecule has 2 rings (SSSR count). The van der Waals surface area contributed by atoms with E-state index in [1.54, 1.807) is 0 Å². The SMILES string of the molecule is CCN1CCC(NC(=O)C[C@@H]2CCC[C@H]2N)CC1. The fourth-order valence-electron chi connectivity index (χ4n) is 3.24. The van der Waals surface area contributed by atoms with Gasteiger partial charge in [-0.05, 0) is 38.1 Å². The molecule has 0 aromatic carbocycles. The molecule has 18 heavy (non-hydrogen) atoms. The van der Waals surface area contributed by atoms with Gasteiger partial charge >= 0.3 is 0 Å². The Balaban J connectivity index is 1.68. The van der Waals surface area contributed by atoms with Crippen molar-refractivity contribution < 1.29 is 4.79 Å². The summed E-state index contributed by atoms with van der Waals surface area (Å²) in [5.74, 6) is 0.632. The van der Waals surface area contributed by atoms with Crippen LogP contribution in [0.4, 0.5) is 0 Å². The summed E-state index contributed by atoms with van der Waals surface area (Å²) in [6.45, 7) is 5.55. The minimum atomic E-state index is 0.215. The first-order chi connectivity index (χ1) is 8.69. The molecular weight excluding hydrogens is 226 g/mol. The molecule has 0 bridgehead atoms. The number of amides is 1. The third-order valence-electron chi connectivity index (χ3n) is 4.57. The third kappa shape index (κ3) is 3.69. The van der Waals surface area contributed by atoms with Crippen LogP contribution in [0.15, 0.2) is 0 Å². The molecule has 0 radical (unpaired) electrons. The monoisotopic (exact) mass is 253 g/mol. The average molecular weight is 253 g/mol. The molecule has 0 unspecified atom stereocenters. The van der Waals surface area contributed by atoms with Crippen molar-refractivity contribution in [1.29, 1.82) is 0 Å². The summed E-state index contributed by atoms with van der Waals surface area (Å²) < 4.78 is 0. The van der Waals surface area contributed by atoms with E-state index in [-0.39, 0.29) is 11.9 Å². The molecule has 4 nitrogen and oxygen atoms in total. The van der Waals surface area contributed by atoms with E-state index >= 15 is 0 Å². The van der Waals surface area contributed by atoms with E-state index in [1.165, 1.54) is 6.42 Å². The van der Waals surface area contributed by atoms with Gasteiger partial charge in [0.1, 0.15) is 0 Å². The summed E-state index contributed by atoms with van der Waals surface area (Å²) in [5.41, 5.74) is 6.01. The second-order valence-electron chi connectivity index (χ2n) is 5.84. The molecule has 1 saturated carbocycles. The Kier molecular flexibility index (Phi) is 5.01. The molecule has 4 heteroatoms. The normalized spacial score (nSPS) is 30.6. The molecule has 104 valence electrons. The molecule has 1 aliphatic carbocycles. The zero-order valence-electron chi connectivity index (χ0n) is 11.5. The van der Waals surface area contributed by atoms with Crippen molar-refractivity contribution in [2.75, 3.05) is 19.6 Å². The Morgan fingerprint density at radius 3 is 2.56 bits per heavy atom. The van der Waals surface area contributed by atoms with Gasteiger partial charge in [-0.2, -0.15) is 0 Å². The lowest BCUT2D eigenvalue weighted by atomic mass is 9.98. The van der Waals surface area contributed by atoms with Gasteiger partial charge in [-0.3, -0.25) is 4.79 Å². The fourth-order valence-corrected chi connectivity index (χ4v) is 3.24. The molecule has 2 fully saturated rings. The van der Waals surface area contributed by atoms with Gasteiger partial charge in [-0.15, -0.1) is 0 Å². The van der Waals surface area contributed by atoms with Crippen molar-refractivity contribution in [1.82, 2.24) is 10.2 Å². The van der Waals surface area contributed by atoms with Crippen LogP contribution in [-0.4, -0.2) is 42.5 Å². The molecule has 1 heterocycles. The Labute approximate surface area is 110 Å². The molecule has 1 amide bonds. The fraction of sp³-hybridized carbons (Fsp3) is 0.929. The first kappa shape index (κ1) is 13.8. The zero-order valence-corrected chi connectivity index (χ0v) is 11.5. The molecule has 2 aliphatic rings. The first-order valence-electron chi connectivity index (χ1n) is 7.46. The van der Waals surface area contributed by atoms with Gasteiger partial charge in [-0.1, -0.05) is 13.3 Å². The van der Waals surface area contributed by atoms with Crippen molar-refractivity contribution in [2.24, 2.45) is 11.7 Å². The molecule has 1 aliphatic heterocycles. The number of carbonyl (C=O) groups excluding carboxylic acids is 1. The van der Waals surface area contributed by atoms with Crippen molar-refractivity contribution >= 4 is 5.91 Å². The Bertz CT molecular complexity index is 274. The van der Waals surface area contributed by atoms with Crippen molar-refractivity contribution in [3.8, 4) is 0 Å². The largest absolute Gasteiger partial charge is 0.353 e. The predicted octanol–water partition coefficient (Wildman–Crippen LogP) is 1.10. The van der Waals surface area contributed by atoms with Crippen molar-refractivity contribution in [3.63, 3.8) is 0 Å². The maximum atomic E-state index is 12.0. The van der Waals surface area contributed by atoms with Crippen LogP contribution >= 0.6 is 0 Å². The van der Waals surface area contributed by atoms with E-state index in [0.717, 1.165) is 45.3 Å². The maximum absolute atomic E-state index is 12.0. The lowest BCUT2D eigenvalue weighted by Gasteiger charge is -2.31. The molecule has 2 atom stereocenters. The number of rotatable bonds is 4. The van der Waals surface area contributed by atoms with Crippen LogP contribution in [-0.2, 0) is 4.79 Å².